The Labute approximate surface area is 154 Å². The first-order chi connectivity index (χ1) is 12.7. The van der Waals surface area contributed by atoms with E-state index in [-0.39, 0.29) is 5.97 Å². The topological polar surface area (TPSA) is 45.1 Å². The largest absolute Gasteiger partial charge is 0.465 e. The van der Waals surface area contributed by atoms with E-state index in [2.05, 4.69) is 16.7 Å². The number of piperazine rings is 1. The Morgan fingerprint density at radius 1 is 0.962 bits per heavy atom. The maximum absolute atomic E-state index is 11.7. The molecule has 136 valence electrons. The Balaban J connectivity index is 1.90. The molecule has 0 radical (unpaired) electrons. The molecule has 0 N–H and O–H groups in total. The minimum atomic E-state index is -0.324. The van der Waals surface area contributed by atoms with Gasteiger partial charge in [0, 0.05) is 31.7 Å². The molecule has 0 unspecified atom stereocenters. The van der Waals surface area contributed by atoms with E-state index >= 15 is 0 Å². The standard InChI is InChI=1S/C21H25N3O2/c1-3-23-13-15-24(16-14-23)20(22-19-7-5-4-6-8-19)17-9-11-18(12-10-17)21(25)26-2/h4-12H,3,13-16H2,1-2H3. The number of carbonyl (C=O) groups excluding carboxylic acids is 1. The van der Waals surface area contributed by atoms with Crippen molar-refractivity contribution in [2.45, 2.75) is 6.92 Å². The van der Waals surface area contributed by atoms with Gasteiger partial charge in [-0.15, -0.1) is 0 Å². The predicted octanol–water partition coefficient (Wildman–Crippen LogP) is 3.19. The summed E-state index contributed by atoms with van der Waals surface area (Å²) < 4.78 is 4.79. The van der Waals surface area contributed by atoms with Gasteiger partial charge < -0.3 is 14.5 Å². The number of rotatable bonds is 4. The molecule has 1 fully saturated rings. The zero-order chi connectivity index (χ0) is 18.4. The molecule has 0 bridgehead atoms. The fourth-order valence-electron chi connectivity index (χ4n) is 3.09. The number of methoxy groups -OCH3 is 1. The maximum Gasteiger partial charge on any atom is 0.337 e. The molecular weight excluding hydrogens is 326 g/mol. The number of aliphatic imine (C=N–C) groups is 1. The highest BCUT2D eigenvalue weighted by Crippen LogP contribution is 2.18. The Kier molecular flexibility index (Phi) is 6.02. The molecule has 0 aromatic heterocycles. The van der Waals surface area contributed by atoms with Crippen LogP contribution in [0.2, 0.25) is 0 Å². The fraction of sp³-hybridized carbons (Fsp3) is 0.333. The summed E-state index contributed by atoms with van der Waals surface area (Å²) >= 11 is 0. The van der Waals surface area contributed by atoms with Crippen LogP contribution in [0, 0.1) is 0 Å². The fourth-order valence-corrected chi connectivity index (χ4v) is 3.09. The van der Waals surface area contributed by atoms with Gasteiger partial charge in [0.15, 0.2) is 0 Å². The number of para-hydroxylation sites is 1. The van der Waals surface area contributed by atoms with Crippen molar-refractivity contribution in [3.05, 3.63) is 65.7 Å². The van der Waals surface area contributed by atoms with Crippen LogP contribution in [0.15, 0.2) is 59.6 Å². The van der Waals surface area contributed by atoms with Crippen LogP contribution in [-0.4, -0.2) is 61.4 Å². The molecule has 0 spiro atoms. The number of carbonyl (C=O) groups is 1. The Morgan fingerprint density at radius 3 is 2.15 bits per heavy atom. The van der Waals surface area contributed by atoms with Crippen LogP contribution < -0.4 is 0 Å². The average molecular weight is 351 g/mol. The minimum Gasteiger partial charge on any atom is -0.465 e. The summed E-state index contributed by atoms with van der Waals surface area (Å²) in [4.78, 5) is 21.4. The van der Waals surface area contributed by atoms with E-state index in [1.54, 1.807) is 12.1 Å². The van der Waals surface area contributed by atoms with Crippen molar-refractivity contribution < 1.29 is 9.53 Å². The summed E-state index contributed by atoms with van der Waals surface area (Å²) in [5.74, 6) is 0.623. The van der Waals surface area contributed by atoms with Crippen molar-refractivity contribution in [3.8, 4) is 0 Å². The molecule has 1 saturated heterocycles. The highest BCUT2D eigenvalue weighted by molar-refractivity contribution is 6.01. The van der Waals surface area contributed by atoms with Gasteiger partial charge in [-0.3, -0.25) is 0 Å². The third-order valence-electron chi connectivity index (χ3n) is 4.67. The van der Waals surface area contributed by atoms with Crippen molar-refractivity contribution >= 4 is 17.5 Å². The van der Waals surface area contributed by atoms with Crippen molar-refractivity contribution in [2.75, 3.05) is 39.8 Å². The molecule has 5 nitrogen and oxygen atoms in total. The molecule has 0 amide bonds. The molecule has 26 heavy (non-hydrogen) atoms. The van der Waals surface area contributed by atoms with E-state index in [1.807, 2.05) is 42.5 Å². The van der Waals surface area contributed by atoms with Crippen molar-refractivity contribution in [2.24, 2.45) is 4.99 Å². The summed E-state index contributed by atoms with van der Waals surface area (Å²) in [7, 11) is 1.39. The van der Waals surface area contributed by atoms with Crippen molar-refractivity contribution in [1.82, 2.24) is 9.80 Å². The van der Waals surface area contributed by atoms with Crippen molar-refractivity contribution in [1.29, 1.82) is 0 Å². The van der Waals surface area contributed by atoms with E-state index in [0.717, 1.165) is 49.8 Å². The van der Waals surface area contributed by atoms with Gasteiger partial charge in [0.1, 0.15) is 5.84 Å². The monoisotopic (exact) mass is 351 g/mol. The van der Waals surface area contributed by atoms with Gasteiger partial charge in [0.05, 0.1) is 18.4 Å². The number of likely N-dealkylation sites (N-methyl/N-ethyl adjacent to an activating group) is 1. The first kappa shape index (κ1) is 18.1. The smallest absolute Gasteiger partial charge is 0.337 e. The first-order valence-corrected chi connectivity index (χ1v) is 9.01. The molecule has 2 aromatic rings. The quantitative estimate of drug-likeness (QED) is 0.482. The SMILES string of the molecule is CCN1CCN(C(=Nc2ccccc2)c2ccc(C(=O)OC)cc2)CC1. The molecule has 0 aliphatic carbocycles. The molecule has 0 atom stereocenters. The highest BCUT2D eigenvalue weighted by atomic mass is 16.5. The lowest BCUT2D eigenvalue weighted by atomic mass is 10.1. The van der Waals surface area contributed by atoms with Gasteiger partial charge >= 0.3 is 5.97 Å². The molecule has 1 heterocycles. The van der Waals surface area contributed by atoms with Crippen molar-refractivity contribution in [3.63, 3.8) is 0 Å². The van der Waals surface area contributed by atoms with Crippen LogP contribution in [0.4, 0.5) is 5.69 Å². The third kappa shape index (κ3) is 4.29. The molecule has 0 saturated carbocycles. The van der Waals surface area contributed by atoms with Gasteiger partial charge in [-0.05, 0) is 30.8 Å². The van der Waals surface area contributed by atoms with Crippen LogP contribution in [0.1, 0.15) is 22.8 Å². The number of hydrogen-bond acceptors (Lipinski definition) is 4. The predicted molar refractivity (Wildman–Crippen MR) is 104 cm³/mol. The Morgan fingerprint density at radius 2 is 1.58 bits per heavy atom. The van der Waals surface area contributed by atoms with E-state index in [9.17, 15) is 4.79 Å². The summed E-state index contributed by atoms with van der Waals surface area (Å²) in [6.45, 7) is 7.22. The van der Waals surface area contributed by atoms with E-state index in [0.29, 0.717) is 5.56 Å². The lowest BCUT2D eigenvalue weighted by molar-refractivity contribution is 0.0600. The lowest BCUT2D eigenvalue weighted by Gasteiger charge is -2.36. The summed E-state index contributed by atoms with van der Waals surface area (Å²) in [5.41, 5.74) is 2.48. The Bertz CT molecular complexity index is 749. The van der Waals surface area contributed by atoms with Gasteiger partial charge in [-0.25, -0.2) is 9.79 Å². The van der Waals surface area contributed by atoms with Crippen LogP contribution in [0.5, 0.6) is 0 Å². The highest BCUT2D eigenvalue weighted by Gasteiger charge is 2.20. The zero-order valence-corrected chi connectivity index (χ0v) is 15.4. The molecule has 2 aromatic carbocycles. The van der Waals surface area contributed by atoms with Gasteiger partial charge in [-0.1, -0.05) is 37.3 Å². The van der Waals surface area contributed by atoms with E-state index < -0.39 is 0 Å². The second-order valence-electron chi connectivity index (χ2n) is 6.26. The van der Waals surface area contributed by atoms with E-state index in [1.165, 1.54) is 7.11 Å². The maximum atomic E-state index is 11.7. The van der Waals surface area contributed by atoms with Crippen LogP contribution in [0.25, 0.3) is 0 Å². The zero-order valence-electron chi connectivity index (χ0n) is 15.4. The summed E-state index contributed by atoms with van der Waals surface area (Å²) in [5, 5.41) is 0. The molecule has 5 heteroatoms. The number of hydrogen-bond donors (Lipinski definition) is 0. The van der Waals surface area contributed by atoms with Gasteiger partial charge in [0.25, 0.3) is 0 Å². The number of ether oxygens (including phenoxy) is 1. The second kappa shape index (κ2) is 8.63. The lowest BCUT2D eigenvalue weighted by Crippen LogP contribution is -2.48. The first-order valence-electron chi connectivity index (χ1n) is 9.01. The second-order valence-corrected chi connectivity index (χ2v) is 6.26. The molecular formula is C21H25N3O2. The molecule has 3 rings (SSSR count). The summed E-state index contributed by atoms with van der Waals surface area (Å²) in [6.07, 6.45) is 0. The number of esters is 1. The third-order valence-corrected chi connectivity index (χ3v) is 4.67. The van der Waals surface area contributed by atoms with E-state index in [4.69, 9.17) is 9.73 Å². The normalized spacial score (nSPS) is 15.8. The van der Waals surface area contributed by atoms with Crippen LogP contribution >= 0.6 is 0 Å². The number of nitrogens with zero attached hydrogens (tertiary/aromatic N) is 3. The van der Waals surface area contributed by atoms with Gasteiger partial charge in [-0.2, -0.15) is 0 Å². The Hall–Kier alpha value is -2.66. The summed E-state index contributed by atoms with van der Waals surface area (Å²) in [6, 6.07) is 17.5. The van der Waals surface area contributed by atoms with Crippen LogP contribution in [0.3, 0.4) is 0 Å². The number of benzene rings is 2. The van der Waals surface area contributed by atoms with Gasteiger partial charge in [0.2, 0.25) is 0 Å². The average Bonchev–Trinajstić information content (AvgIpc) is 2.72. The minimum absolute atomic E-state index is 0.324. The van der Waals surface area contributed by atoms with Crippen LogP contribution in [-0.2, 0) is 4.74 Å². The molecule has 1 aliphatic heterocycles. The molecule has 1 aliphatic rings. The number of amidine groups is 1.